The molecule has 0 bridgehead atoms. The maximum Gasteiger partial charge on any atom is 0.0412 e. The van der Waals surface area contributed by atoms with Crippen LogP contribution in [0.3, 0.4) is 0 Å². The first-order chi connectivity index (χ1) is 14.9. The van der Waals surface area contributed by atoms with Gasteiger partial charge in [-0.05, 0) is 56.0 Å². The van der Waals surface area contributed by atoms with Crippen molar-refractivity contribution in [3.05, 3.63) is 142 Å². The molecule has 0 radical (unpaired) electrons. The summed E-state index contributed by atoms with van der Waals surface area (Å²) in [5.74, 6) is 0. The molecule has 0 atom stereocenters. The van der Waals surface area contributed by atoms with Crippen molar-refractivity contribution in [1.29, 1.82) is 0 Å². The van der Waals surface area contributed by atoms with E-state index in [0.717, 1.165) is 11.1 Å². The van der Waals surface area contributed by atoms with E-state index < -0.39 is 0 Å². The molecule has 4 aromatic carbocycles. The van der Waals surface area contributed by atoms with Gasteiger partial charge < -0.3 is 0 Å². The third kappa shape index (κ3) is 2.45. The molecule has 2 aliphatic carbocycles. The highest BCUT2D eigenvalue weighted by molar-refractivity contribution is 6.01. The van der Waals surface area contributed by atoms with Crippen LogP contribution in [0, 0.1) is 0 Å². The standard InChI is InChI=1S/C30H16/c1-5-15-25-21(11-1)22-12-2-6-16-26(22)29(25)19-9-10-20-30-27-17-7-3-13-23(27)24-14-4-8-18-28(24)30/h1-8,11-18H. The lowest BCUT2D eigenvalue weighted by Crippen LogP contribution is -1.77. The first-order valence-corrected chi connectivity index (χ1v) is 10.1. The van der Waals surface area contributed by atoms with Crippen LogP contribution in [0.5, 0.6) is 0 Å². The van der Waals surface area contributed by atoms with Gasteiger partial charge in [0, 0.05) is 11.1 Å². The average Bonchev–Trinajstić information content (AvgIpc) is 3.30. The van der Waals surface area contributed by atoms with Crippen LogP contribution in [0.2, 0.25) is 0 Å². The van der Waals surface area contributed by atoms with Crippen LogP contribution in [0.1, 0.15) is 22.3 Å². The zero-order chi connectivity index (χ0) is 19.9. The van der Waals surface area contributed by atoms with E-state index in [1.165, 1.54) is 44.5 Å². The number of hydrogen-bond donors (Lipinski definition) is 0. The number of benzene rings is 4. The van der Waals surface area contributed by atoms with Crippen molar-refractivity contribution in [2.24, 2.45) is 0 Å². The van der Waals surface area contributed by atoms with Crippen molar-refractivity contribution in [1.82, 2.24) is 0 Å². The summed E-state index contributed by atoms with van der Waals surface area (Å²) in [6.07, 6.45) is 0. The quantitative estimate of drug-likeness (QED) is 0.244. The molecule has 0 heteroatoms. The minimum atomic E-state index is 1.06. The Bertz CT molecular complexity index is 1310. The molecule has 136 valence electrons. The summed E-state index contributed by atoms with van der Waals surface area (Å²) in [6, 6.07) is 33.8. The molecule has 0 fully saturated rings. The van der Waals surface area contributed by atoms with Gasteiger partial charge in [-0.2, -0.15) is 0 Å². The predicted octanol–water partition coefficient (Wildman–Crippen LogP) is 7.28. The molecule has 0 saturated heterocycles. The molecule has 0 saturated carbocycles. The predicted molar refractivity (Wildman–Crippen MR) is 123 cm³/mol. The minimum Gasteiger partial charge on any atom is -0.0616 e. The SMILES string of the molecule is C(=C=C=C1c2ccccc2-c2ccccc21)=C=C1c2ccccc2-c2ccccc21. The summed E-state index contributed by atoms with van der Waals surface area (Å²) in [7, 11) is 0. The van der Waals surface area contributed by atoms with Crippen molar-refractivity contribution < 1.29 is 0 Å². The highest BCUT2D eigenvalue weighted by atomic mass is 14.2. The lowest BCUT2D eigenvalue weighted by molar-refractivity contribution is 1.65. The van der Waals surface area contributed by atoms with E-state index in [0.29, 0.717) is 0 Å². The fourth-order valence-electron chi connectivity index (χ4n) is 4.49. The van der Waals surface area contributed by atoms with E-state index in [1.807, 2.05) is 0 Å². The lowest BCUT2D eigenvalue weighted by Gasteiger charge is -1.97. The van der Waals surface area contributed by atoms with Crippen LogP contribution >= 0.6 is 0 Å². The third-order valence-electron chi connectivity index (χ3n) is 5.80. The van der Waals surface area contributed by atoms with Gasteiger partial charge in [0.05, 0.1) is 0 Å². The second-order valence-corrected chi connectivity index (χ2v) is 7.43. The first-order valence-electron chi connectivity index (χ1n) is 10.1. The zero-order valence-corrected chi connectivity index (χ0v) is 16.2. The van der Waals surface area contributed by atoms with Crippen LogP contribution in [0.25, 0.3) is 33.4 Å². The molecule has 0 aliphatic heterocycles. The van der Waals surface area contributed by atoms with Crippen molar-refractivity contribution in [2.45, 2.75) is 0 Å². The van der Waals surface area contributed by atoms with Gasteiger partial charge in [0.1, 0.15) is 0 Å². The third-order valence-corrected chi connectivity index (χ3v) is 5.80. The number of hydrogen-bond acceptors (Lipinski definition) is 0. The second kappa shape index (κ2) is 6.66. The molecule has 0 unspecified atom stereocenters. The first kappa shape index (κ1) is 16.7. The molecule has 0 N–H and O–H groups in total. The van der Waals surface area contributed by atoms with Crippen LogP contribution in [-0.2, 0) is 0 Å². The van der Waals surface area contributed by atoms with Crippen LogP contribution in [0.15, 0.2) is 120 Å². The van der Waals surface area contributed by atoms with Gasteiger partial charge in [-0.15, -0.1) is 0 Å². The summed E-state index contributed by atoms with van der Waals surface area (Å²) in [5.41, 5.74) is 24.8. The molecule has 0 heterocycles. The van der Waals surface area contributed by atoms with Gasteiger partial charge >= 0.3 is 0 Å². The monoisotopic (exact) mass is 376 g/mol. The van der Waals surface area contributed by atoms with E-state index >= 15 is 0 Å². The maximum absolute atomic E-state index is 3.35. The summed E-state index contributed by atoms with van der Waals surface area (Å²) < 4.78 is 0. The average molecular weight is 376 g/mol. The summed E-state index contributed by atoms with van der Waals surface area (Å²) in [6.45, 7) is 0. The fraction of sp³-hybridized carbons (Fsp3) is 0. The molecule has 0 nitrogen and oxygen atoms in total. The molecule has 0 aromatic heterocycles. The van der Waals surface area contributed by atoms with Gasteiger partial charge in [0.15, 0.2) is 0 Å². The summed E-state index contributed by atoms with van der Waals surface area (Å²) in [4.78, 5) is 0. The highest BCUT2D eigenvalue weighted by Crippen LogP contribution is 2.44. The van der Waals surface area contributed by atoms with Crippen molar-refractivity contribution >= 4 is 11.1 Å². The fourth-order valence-corrected chi connectivity index (χ4v) is 4.49. The van der Waals surface area contributed by atoms with Gasteiger partial charge in [0.2, 0.25) is 0 Å². The molecular formula is C30H16. The Morgan fingerprint density at radius 3 is 0.800 bits per heavy atom. The van der Waals surface area contributed by atoms with Gasteiger partial charge in [0.25, 0.3) is 0 Å². The lowest BCUT2D eigenvalue weighted by atomic mass is 10.1. The Morgan fingerprint density at radius 2 is 0.533 bits per heavy atom. The zero-order valence-electron chi connectivity index (χ0n) is 16.2. The Kier molecular flexibility index (Phi) is 3.70. The largest absolute Gasteiger partial charge is 0.0616 e. The molecule has 2 aliphatic rings. The van der Waals surface area contributed by atoms with E-state index in [2.05, 4.69) is 120 Å². The normalized spacial score (nSPS) is 12.0. The molecule has 4 aromatic rings. The minimum absolute atomic E-state index is 1.06. The summed E-state index contributed by atoms with van der Waals surface area (Å²) >= 11 is 0. The molecule has 0 amide bonds. The van der Waals surface area contributed by atoms with Gasteiger partial charge in [-0.1, -0.05) is 109 Å². The Morgan fingerprint density at radius 1 is 0.300 bits per heavy atom. The van der Waals surface area contributed by atoms with Crippen molar-refractivity contribution in [3.63, 3.8) is 0 Å². The second-order valence-electron chi connectivity index (χ2n) is 7.43. The molecule has 6 rings (SSSR count). The molecule has 0 spiro atoms. The van der Waals surface area contributed by atoms with Gasteiger partial charge in [-0.3, -0.25) is 0 Å². The summed E-state index contributed by atoms with van der Waals surface area (Å²) in [5, 5.41) is 0. The van der Waals surface area contributed by atoms with Gasteiger partial charge in [-0.25, -0.2) is 0 Å². The van der Waals surface area contributed by atoms with E-state index in [9.17, 15) is 0 Å². The van der Waals surface area contributed by atoms with Crippen LogP contribution < -0.4 is 0 Å². The van der Waals surface area contributed by atoms with Crippen molar-refractivity contribution in [2.75, 3.05) is 0 Å². The van der Waals surface area contributed by atoms with Crippen LogP contribution in [0.4, 0.5) is 0 Å². The van der Waals surface area contributed by atoms with E-state index in [-0.39, 0.29) is 0 Å². The van der Waals surface area contributed by atoms with E-state index in [1.54, 1.807) is 0 Å². The van der Waals surface area contributed by atoms with Crippen LogP contribution in [-0.4, -0.2) is 0 Å². The van der Waals surface area contributed by atoms with Crippen molar-refractivity contribution in [3.8, 4) is 22.3 Å². The number of rotatable bonds is 0. The Hall–Kier alpha value is -4.26. The van der Waals surface area contributed by atoms with E-state index in [4.69, 9.17) is 0 Å². The Balaban J connectivity index is 1.61. The molecular weight excluding hydrogens is 360 g/mol. The topological polar surface area (TPSA) is 0 Å². The highest BCUT2D eigenvalue weighted by Gasteiger charge is 2.23. The Labute approximate surface area is 175 Å². The smallest absolute Gasteiger partial charge is 0.0412 e. The maximum atomic E-state index is 3.35. The number of fused-ring (bicyclic) bond motifs is 6. The molecule has 30 heavy (non-hydrogen) atoms.